The minimum atomic E-state index is -1.31. The molecular formula is C34H48IN3O8. The third kappa shape index (κ3) is 6.22. The molecule has 1 aromatic rings. The SMILES string of the molecule is CCCCCC1(CCCCC)O[C@@H]2[C@H](O1)[C@H]1ON(Cc3ccc(I)cc3)[C@H]3C(=O)O[C@@H]2C[C@@]13C(=O)N1CCC[C@@H]1C(=O)NCCO. The van der Waals surface area contributed by atoms with Gasteiger partial charge in [0.2, 0.25) is 11.8 Å². The highest BCUT2D eigenvalue weighted by atomic mass is 127. The van der Waals surface area contributed by atoms with Crippen molar-refractivity contribution >= 4 is 40.4 Å². The van der Waals surface area contributed by atoms with E-state index in [2.05, 4.69) is 41.8 Å². The highest BCUT2D eigenvalue weighted by Crippen LogP contribution is 2.59. The molecule has 4 heterocycles. The summed E-state index contributed by atoms with van der Waals surface area (Å²) in [5, 5.41) is 13.7. The van der Waals surface area contributed by atoms with Crippen molar-refractivity contribution in [2.75, 3.05) is 19.7 Å². The zero-order valence-electron chi connectivity index (χ0n) is 27.0. The first-order chi connectivity index (χ1) is 22.3. The largest absolute Gasteiger partial charge is 0.458 e. The smallest absolute Gasteiger partial charge is 0.327 e. The van der Waals surface area contributed by atoms with Gasteiger partial charge in [-0.1, -0.05) is 51.7 Å². The highest BCUT2D eigenvalue weighted by molar-refractivity contribution is 14.1. The summed E-state index contributed by atoms with van der Waals surface area (Å²) >= 11 is 2.25. The van der Waals surface area contributed by atoms with Crippen LogP contribution in [0.3, 0.4) is 0 Å². The minimum absolute atomic E-state index is 0.113. The van der Waals surface area contributed by atoms with Crippen LogP contribution in [0.15, 0.2) is 24.3 Å². The number of aliphatic hydroxyl groups excluding tert-OH is 1. The van der Waals surface area contributed by atoms with E-state index in [4.69, 9.17) is 19.0 Å². The van der Waals surface area contributed by atoms with Crippen molar-refractivity contribution in [3.63, 3.8) is 0 Å². The molecule has 7 atom stereocenters. The second-order valence-corrected chi connectivity index (χ2v) is 14.8. The lowest BCUT2D eigenvalue weighted by atomic mass is 9.62. The summed E-state index contributed by atoms with van der Waals surface area (Å²) in [7, 11) is 0. The van der Waals surface area contributed by atoms with Crippen LogP contribution in [-0.4, -0.2) is 94.8 Å². The van der Waals surface area contributed by atoms with Crippen LogP contribution in [0.1, 0.15) is 90.0 Å². The molecule has 0 aromatic heterocycles. The Hall–Kier alpha value is -1.84. The number of nitrogens with one attached hydrogen (secondary N) is 1. The molecule has 0 unspecified atom stereocenters. The quantitative estimate of drug-likeness (QED) is 0.166. The van der Waals surface area contributed by atoms with Crippen LogP contribution < -0.4 is 5.32 Å². The molecule has 5 fully saturated rings. The zero-order chi connectivity index (χ0) is 32.5. The van der Waals surface area contributed by atoms with E-state index < -0.39 is 53.7 Å². The Morgan fingerprint density at radius 3 is 2.41 bits per heavy atom. The number of carbonyl (C=O) groups excluding carboxylic acids is 3. The van der Waals surface area contributed by atoms with E-state index in [9.17, 15) is 14.7 Å². The Morgan fingerprint density at radius 1 is 1.04 bits per heavy atom. The molecule has 5 aliphatic rings. The maximum absolute atomic E-state index is 15.0. The summed E-state index contributed by atoms with van der Waals surface area (Å²) in [5.74, 6) is -1.91. The molecular weight excluding hydrogens is 705 g/mol. The van der Waals surface area contributed by atoms with Gasteiger partial charge in [0.25, 0.3) is 0 Å². The van der Waals surface area contributed by atoms with Crippen LogP contribution in [0, 0.1) is 8.99 Å². The summed E-state index contributed by atoms with van der Waals surface area (Å²) < 4.78 is 21.1. The van der Waals surface area contributed by atoms with Crippen molar-refractivity contribution in [2.24, 2.45) is 5.41 Å². The standard InChI is InChI=1S/C34H48IN3O8/c1-3-5-7-15-33(16-8-6-4-2)44-26-25-20-34(32(42)37-18-9-10-24(37)30(40)36-17-19-39)28(31(41)43-25)38(46-29(34)27(26)45-33)21-22-11-13-23(35)14-12-22/h11-14,24-29,39H,3-10,15-21H2,1-2H3,(H,36,40)/t24-,25-,26+,27+,28+,29-,34+/m1/s1. The van der Waals surface area contributed by atoms with Gasteiger partial charge in [0.15, 0.2) is 11.8 Å². The molecule has 46 heavy (non-hydrogen) atoms. The fraction of sp³-hybridized carbons (Fsp3) is 0.735. The topological polar surface area (TPSA) is 127 Å². The number of hydrogen-bond acceptors (Lipinski definition) is 9. The molecule has 4 aliphatic heterocycles. The van der Waals surface area contributed by atoms with Gasteiger partial charge in [0.05, 0.1) is 13.2 Å². The number of fused-ring (bicyclic) bond motifs is 4. The number of likely N-dealkylation sites (tertiary alicyclic amines) is 1. The van der Waals surface area contributed by atoms with Gasteiger partial charge >= 0.3 is 5.97 Å². The molecule has 1 saturated carbocycles. The first kappa shape index (κ1) is 34.0. The third-order valence-electron chi connectivity index (χ3n) is 10.5. The van der Waals surface area contributed by atoms with Crippen LogP contribution in [0.4, 0.5) is 0 Å². The molecule has 4 saturated heterocycles. The van der Waals surface area contributed by atoms with E-state index in [-0.39, 0.29) is 37.9 Å². The van der Waals surface area contributed by atoms with Gasteiger partial charge in [-0.05, 0) is 66.0 Å². The maximum Gasteiger partial charge on any atom is 0.327 e. The molecule has 11 nitrogen and oxygen atoms in total. The van der Waals surface area contributed by atoms with Crippen molar-refractivity contribution in [1.29, 1.82) is 0 Å². The number of amides is 2. The number of nitrogens with zero attached hydrogens (tertiary/aromatic N) is 2. The van der Waals surface area contributed by atoms with E-state index in [1.807, 2.05) is 24.3 Å². The Balaban J connectivity index is 1.37. The molecule has 254 valence electrons. The minimum Gasteiger partial charge on any atom is -0.458 e. The van der Waals surface area contributed by atoms with Crippen molar-refractivity contribution in [3.8, 4) is 0 Å². The molecule has 12 heteroatoms. The predicted octanol–water partition coefficient (Wildman–Crippen LogP) is 3.83. The van der Waals surface area contributed by atoms with Gasteiger partial charge in [0, 0.05) is 35.9 Å². The van der Waals surface area contributed by atoms with E-state index >= 15 is 4.79 Å². The van der Waals surface area contributed by atoms with Gasteiger partial charge in [-0.2, -0.15) is 5.06 Å². The fourth-order valence-electron chi connectivity index (χ4n) is 8.29. The van der Waals surface area contributed by atoms with E-state index in [0.717, 1.165) is 60.5 Å². The molecule has 0 radical (unpaired) electrons. The number of esters is 1. The number of hydrogen-bond donors (Lipinski definition) is 2. The number of aliphatic hydroxyl groups is 1. The normalized spacial score (nSPS) is 32.8. The van der Waals surface area contributed by atoms with E-state index in [1.54, 1.807) is 9.96 Å². The van der Waals surface area contributed by atoms with Crippen molar-refractivity contribution < 1.29 is 38.5 Å². The van der Waals surface area contributed by atoms with Gasteiger partial charge in [-0.15, -0.1) is 0 Å². The second-order valence-electron chi connectivity index (χ2n) is 13.5. The number of benzene rings is 1. The molecule has 1 aromatic carbocycles. The Kier molecular flexibility index (Phi) is 10.6. The lowest BCUT2D eigenvalue weighted by molar-refractivity contribution is -0.225. The molecule has 0 spiro atoms. The molecule has 6 rings (SSSR count). The molecule has 2 bridgehead atoms. The first-order valence-corrected chi connectivity index (χ1v) is 18.3. The van der Waals surface area contributed by atoms with Gasteiger partial charge in [-0.3, -0.25) is 19.2 Å². The second kappa shape index (κ2) is 14.3. The number of unbranched alkanes of at least 4 members (excludes halogenated alkanes) is 4. The van der Waals surface area contributed by atoms with Crippen LogP contribution in [-0.2, 0) is 40.0 Å². The van der Waals surface area contributed by atoms with Crippen molar-refractivity contribution in [2.45, 2.75) is 133 Å². The average molecular weight is 754 g/mol. The predicted molar refractivity (Wildman–Crippen MR) is 176 cm³/mol. The van der Waals surface area contributed by atoms with Crippen LogP contribution in [0.5, 0.6) is 0 Å². The first-order valence-electron chi connectivity index (χ1n) is 17.2. The fourth-order valence-corrected chi connectivity index (χ4v) is 8.65. The number of rotatable bonds is 14. The molecule has 2 amide bonds. The van der Waals surface area contributed by atoms with Crippen LogP contribution >= 0.6 is 22.6 Å². The Labute approximate surface area is 285 Å². The van der Waals surface area contributed by atoms with Crippen molar-refractivity contribution in [1.82, 2.24) is 15.3 Å². The molecule has 1 aliphatic carbocycles. The number of halogens is 1. The highest BCUT2D eigenvalue weighted by Gasteiger charge is 2.77. The Morgan fingerprint density at radius 2 is 1.74 bits per heavy atom. The lowest BCUT2D eigenvalue weighted by Crippen LogP contribution is -2.70. The monoisotopic (exact) mass is 753 g/mol. The summed E-state index contributed by atoms with van der Waals surface area (Å²) in [6.45, 7) is 4.95. The summed E-state index contributed by atoms with van der Waals surface area (Å²) in [5.41, 5.74) is -0.371. The number of hydroxylamine groups is 2. The van der Waals surface area contributed by atoms with Gasteiger partial charge in [-0.25, -0.2) is 0 Å². The summed E-state index contributed by atoms with van der Waals surface area (Å²) in [4.78, 5) is 50.6. The third-order valence-corrected chi connectivity index (χ3v) is 11.2. The Bertz CT molecular complexity index is 1260. The van der Waals surface area contributed by atoms with E-state index in [1.165, 1.54) is 0 Å². The van der Waals surface area contributed by atoms with Crippen molar-refractivity contribution in [3.05, 3.63) is 33.4 Å². The zero-order valence-corrected chi connectivity index (χ0v) is 29.1. The summed E-state index contributed by atoms with van der Waals surface area (Å²) in [6, 6.07) is 6.30. The maximum atomic E-state index is 15.0. The van der Waals surface area contributed by atoms with Crippen LogP contribution in [0.2, 0.25) is 0 Å². The van der Waals surface area contributed by atoms with E-state index in [0.29, 0.717) is 19.4 Å². The van der Waals surface area contributed by atoms with Gasteiger partial charge < -0.3 is 29.5 Å². The lowest BCUT2D eigenvalue weighted by Gasteiger charge is -2.50. The average Bonchev–Trinajstić information content (AvgIpc) is 3.77. The number of carbonyl (C=O) groups is 3. The van der Waals surface area contributed by atoms with Crippen LogP contribution in [0.25, 0.3) is 0 Å². The molecule has 2 N–H and O–H groups in total. The summed E-state index contributed by atoms with van der Waals surface area (Å²) in [6.07, 6.45) is 6.37. The van der Waals surface area contributed by atoms with Gasteiger partial charge in [0.1, 0.15) is 35.9 Å². The number of ether oxygens (including phenoxy) is 3.